The first-order valence-electron chi connectivity index (χ1n) is 12.2. The summed E-state index contributed by atoms with van der Waals surface area (Å²) in [6, 6.07) is 7.34. The molecule has 0 aliphatic heterocycles. The van der Waals surface area contributed by atoms with Crippen LogP contribution in [0.4, 0.5) is 5.69 Å². The van der Waals surface area contributed by atoms with Gasteiger partial charge in [-0.2, -0.15) is 0 Å². The van der Waals surface area contributed by atoms with E-state index < -0.39 is 5.41 Å². The van der Waals surface area contributed by atoms with Crippen molar-refractivity contribution in [2.75, 3.05) is 5.32 Å². The van der Waals surface area contributed by atoms with Gasteiger partial charge in [0, 0.05) is 16.9 Å². The van der Waals surface area contributed by atoms with Crippen LogP contribution < -0.4 is 5.32 Å². The van der Waals surface area contributed by atoms with Crippen LogP contribution >= 0.6 is 0 Å². The van der Waals surface area contributed by atoms with Gasteiger partial charge in [-0.05, 0) is 18.6 Å². The van der Waals surface area contributed by atoms with Crippen molar-refractivity contribution in [1.82, 2.24) is 0 Å². The number of carbonyl (C=O) groups is 2. The summed E-state index contributed by atoms with van der Waals surface area (Å²) in [7, 11) is 0. The highest BCUT2D eigenvalue weighted by molar-refractivity contribution is 6.07. The quantitative estimate of drug-likeness (QED) is 0.232. The number of ketones is 1. The van der Waals surface area contributed by atoms with Crippen LogP contribution in [0.15, 0.2) is 24.3 Å². The molecule has 0 saturated carbocycles. The fourth-order valence-electron chi connectivity index (χ4n) is 3.70. The number of anilines is 1. The van der Waals surface area contributed by atoms with Gasteiger partial charge in [-0.3, -0.25) is 9.59 Å². The lowest BCUT2D eigenvalue weighted by Crippen LogP contribution is -2.25. The summed E-state index contributed by atoms with van der Waals surface area (Å²) in [5.41, 5.74) is 0.760. The molecule has 0 aromatic heterocycles. The number of rotatable bonds is 15. The summed E-state index contributed by atoms with van der Waals surface area (Å²) in [4.78, 5) is 25.3. The molecule has 30 heavy (non-hydrogen) atoms. The molecule has 0 radical (unpaired) electrons. The molecule has 1 amide bonds. The van der Waals surface area contributed by atoms with Gasteiger partial charge in [-0.25, -0.2) is 0 Å². The predicted octanol–water partition coefficient (Wildman–Crippen LogP) is 8.19. The zero-order valence-electron chi connectivity index (χ0n) is 20.2. The molecule has 1 unspecified atom stereocenters. The maximum Gasteiger partial charge on any atom is 0.227 e. The number of benzene rings is 1. The minimum Gasteiger partial charge on any atom is -0.325 e. The third-order valence-corrected chi connectivity index (χ3v) is 5.80. The van der Waals surface area contributed by atoms with E-state index in [9.17, 15) is 9.59 Å². The van der Waals surface area contributed by atoms with Gasteiger partial charge < -0.3 is 5.32 Å². The number of para-hydroxylation sites is 1. The minimum absolute atomic E-state index is 0.0104. The first kappa shape index (κ1) is 26.4. The van der Waals surface area contributed by atoms with Gasteiger partial charge in [0.1, 0.15) is 0 Å². The Hall–Kier alpha value is -1.64. The van der Waals surface area contributed by atoms with Crippen molar-refractivity contribution >= 4 is 17.4 Å². The maximum atomic E-state index is 12.7. The average Bonchev–Trinajstić information content (AvgIpc) is 2.71. The van der Waals surface area contributed by atoms with Gasteiger partial charge in [-0.1, -0.05) is 117 Å². The van der Waals surface area contributed by atoms with E-state index in [1.165, 1.54) is 64.2 Å². The first-order chi connectivity index (χ1) is 14.3. The van der Waals surface area contributed by atoms with E-state index in [1.54, 1.807) is 6.07 Å². The second-order valence-electron chi connectivity index (χ2n) is 9.84. The third kappa shape index (κ3) is 10.4. The van der Waals surface area contributed by atoms with Crippen LogP contribution in [0.1, 0.15) is 122 Å². The molecule has 1 N–H and O–H groups in total. The molecule has 3 nitrogen and oxygen atoms in total. The largest absolute Gasteiger partial charge is 0.325 e. The number of hydrogen-bond acceptors (Lipinski definition) is 2. The minimum atomic E-state index is -0.470. The number of nitrogens with one attached hydrogen (secondary N) is 1. The molecule has 0 fully saturated rings. The van der Waals surface area contributed by atoms with Gasteiger partial charge in [-0.15, -0.1) is 0 Å². The second-order valence-corrected chi connectivity index (χ2v) is 9.84. The normalized spacial score (nSPS) is 12.6. The van der Waals surface area contributed by atoms with Crippen molar-refractivity contribution in [2.45, 2.75) is 112 Å². The van der Waals surface area contributed by atoms with Crippen LogP contribution in [0.3, 0.4) is 0 Å². The zero-order chi connectivity index (χ0) is 22.4. The molecule has 0 spiro atoms. The van der Waals surface area contributed by atoms with Crippen molar-refractivity contribution in [2.24, 2.45) is 11.3 Å². The average molecular weight is 416 g/mol. The second kappa shape index (κ2) is 14.4. The highest BCUT2D eigenvalue weighted by Crippen LogP contribution is 2.26. The van der Waals surface area contributed by atoms with Crippen LogP contribution in [0.2, 0.25) is 0 Å². The Morgan fingerprint density at radius 3 is 1.87 bits per heavy atom. The van der Waals surface area contributed by atoms with Gasteiger partial charge in [0.05, 0.1) is 5.69 Å². The van der Waals surface area contributed by atoms with Crippen molar-refractivity contribution in [3.8, 4) is 0 Å². The number of carbonyl (C=O) groups excluding carboxylic acids is 2. The lowest BCUT2D eigenvalue weighted by Gasteiger charge is -2.20. The van der Waals surface area contributed by atoms with Crippen molar-refractivity contribution in [3.63, 3.8) is 0 Å². The van der Waals surface area contributed by atoms with Crippen molar-refractivity contribution < 1.29 is 9.59 Å². The number of hydrogen-bond donors (Lipinski definition) is 1. The molecule has 3 heteroatoms. The predicted molar refractivity (Wildman–Crippen MR) is 129 cm³/mol. The SMILES string of the molecule is CCCCCCCCCCCCCC(C)C(=O)Nc1ccccc1C(=O)C(C)(C)C. The van der Waals surface area contributed by atoms with E-state index in [-0.39, 0.29) is 17.6 Å². The smallest absolute Gasteiger partial charge is 0.227 e. The number of amides is 1. The van der Waals surface area contributed by atoms with Crippen LogP contribution in [0.25, 0.3) is 0 Å². The van der Waals surface area contributed by atoms with Crippen LogP contribution in [-0.4, -0.2) is 11.7 Å². The Kier molecular flexibility index (Phi) is 12.7. The standard InChI is InChI=1S/C27H45NO2/c1-6-7-8-9-10-11-12-13-14-15-16-19-22(2)26(30)28-24-21-18-17-20-23(24)25(29)27(3,4)5/h17-18,20-22H,6-16,19H2,1-5H3,(H,28,30). The van der Waals surface area contributed by atoms with E-state index in [1.807, 2.05) is 45.9 Å². The summed E-state index contributed by atoms with van der Waals surface area (Å²) < 4.78 is 0. The molecule has 0 heterocycles. The first-order valence-corrected chi connectivity index (χ1v) is 12.2. The van der Waals surface area contributed by atoms with E-state index in [2.05, 4.69) is 12.2 Å². The van der Waals surface area contributed by atoms with E-state index >= 15 is 0 Å². The molecule has 0 saturated heterocycles. The van der Waals surface area contributed by atoms with E-state index in [0.717, 1.165) is 12.8 Å². The van der Waals surface area contributed by atoms with Gasteiger partial charge in [0.25, 0.3) is 0 Å². The van der Waals surface area contributed by atoms with Crippen molar-refractivity contribution in [3.05, 3.63) is 29.8 Å². The van der Waals surface area contributed by atoms with Crippen molar-refractivity contribution in [1.29, 1.82) is 0 Å². The van der Waals surface area contributed by atoms with Gasteiger partial charge in [0.2, 0.25) is 5.91 Å². The molecule has 0 bridgehead atoms. The molecule has 1 atom stereocenters. The molecule has 1 aromatic rings. The Balaban J connectivity index is 2.28. The summed E-state index contributed by atoms with van der Waals surface area (Å²) in [5.74, 6) is 0.0222. The molecule has 1 rings (SSSR count). The van der Waals surface area contributed by atoms with Crippen LogP contribution in [0.5, 0.6) is 0 Å². The molecular formula is C27H45NO2. The number of unbranched alkanes of at least 4 members (excludes halogenated alkanes) is 10. The van der Waals surface area contributed by atoms with E-state index in [4.69, 9.17) is 0 Å². The van der Waals surface area contributed by atoms with E-state index in [0.29, 0.717) is 11.3 Å². The van der Waals surface area contributed by atoms with Gasteiger partial charge in [0.15, 0.2) is 5.78 Å². The Labute approximate surface area is 185 Å². The monoisotopic (exact) mass is 415 g/mol. The molecule has 0 aliphatic carbocycles. The fourth-order valence-corrected chi connectivity index (χ4v) is 3.70. The maximum absolute atomic E-state index is 12.7. The lowest BCUT2D eigenvalue weighted by molar-refractivity contribution is -0.119. The fraction of sp³-hybridized carbons (Fsp3) is 0.704. The molecule has 1 aromatic carbocycles. The Bertz CT molecular complexity index is 630. The summed E-state index contributed by atoms with van der Waals surface area (Å²) in [5, 5.41) is 2.99. The highest BCUT2D eigenvalue weighted by Gasteiger charge is 2.25. The Morgan fingerprint density at radius 1 is 0.833 bits per heavy atom. The third-order valence-electron chi connectivity index (χ3n) is 5.80. The lowest BCUT2D eigenvalue weighted by atomic mass is 9.86. The summed E-state index contributed by atoms with van der Waals surface area (Å²) in [6.45, 7) is 9.96. The number of Topliss-reactive ketones (excluding diaryl/α,β-unsaturated/α-hetero) is 1. The highest BCUT2D eigenvalue weighted by atomic mass is 16.2. The zero-order valence-corrected chi connectivity index (χ0v) is 20.2. The molecular weight excluding hydrogens is 370 g/mol. The summed E-state index contributed by atoms with van der Waals surface area (Å²) >= 11 is 0. The Morgan fingerprint density at radius 2 is 1.33 bits per heavy atom. The van der Waals surface area contributed by atoms with Crippen LogP contribution in [0, 0.1) is 11.3 Å². The molecule has 170 valence electrons. The van der Waals surface area contributed by atoms with Crippen LogP contribution in [-0.2, 0) is 4.79 Å². The molecule has 0 aliphatic rings. The summed E-state index contributed by atoms with van der Waals surface area (Å²) in [6.07, 6.45) is 15.4. The topological polar surface area (TPSA) is 46.2 Å². The van der Waals surface area contributed by atoms with Gasteiger partial charge >= 0.3 is 0 Å².